The maximum atomic E-state index is 11.7. The van der Waals surface area contributed by atoms with E-state index in [0.717, 1.165) is 11.3 Å². The number of carbonyl (C=O) groups is 1. The van der Waals surface area contributed by atoms with Crippen LogP contribution < -0.4 is 11.1 Å². The van der Waals surface area contributed by atoms with Crippen molar-refractivity contribution in [2.45, 2.75) is 13.8 Å². The monoisotopic (exact) mass is 256 g/mol. The molecular formula is C11H13ClN2OS. The van der Waals surface area contributed by atoms with Crippen LogP contribution in [0.2, 0.25) is 5.02 Å². The van der Waals surface area contributed by atoms with Crippen LogP contribution in [-0.4, -0.2) is 10.9 Å². The summed E-state index contributed by atoms with van der Waals surface area (Å²) in [5, 5.41) is 3.39. The maximum absolute atomic E-state index is 11.7. The van der Waals surface area contributed by atoms with Gasteiger partial charge >= 0.3 is 0 Å². The summed E-state index contributed by atoms with van der Waals surface area (Å²) in [7, 11) is 0. The van der Waals surface area contributed by atoms with Gasteiger partial charge in [-0.15, -0.1) is 0 Å². The van der Waals surface area contributed by atoms with E-state index < -0.39 is 5.92 Å². The first-order valence-corrected chi connectivity index (χ1v) is 5.56. The SMILES string of the molecule is Cc1cc(Cl)ccc1NC(=O)C(C)C(N)=S. The fourth-order valence-electron chi connectivity index (χ4n) is 1.14. The fraction of sp³-hybridized carbons (Fsp3) is 0.273. The van der Waals surface area contributed by atoms with E-state index in [-0.39, 0.29) is 10.9 Å². The number of nitrogens with one attached hydrogen (secondary N) is 1. The van der Waals surface area contributed by atoms with E-state index in [9.17, 15) is 4.79 Å². The van der Waals surface area contributed by atoms with Gasteiger partial charge in [-0.3, -0.25) is 4.79 Å². The van der Waals surface area contributed by atoms with Gasteiger partial charge in [-0.25, -0.2) is 0 Å². The molecule has 0 aromatic heterocycles. The summed E-state index contributed by atoms with van der Waals surface area (Å²) in [5.41, 5.74) is 7.02. The van der Waals surface area contributed by atoms with Crippen molar-refractivity contribution >= 4 is 40.4 Å². The minimum Gasteiger partial charge on any atom is -0.393 e. The Morgan fingerprint density at radius 3 is 2.69 bits per heavy atom. The molecule has 0 radical (unpaired) electrons. The van der Waals surface area contributed by atoms with Gasteiger partial charge in [0, 0.05) is 10.7 Å². The van der Waals surface area contributed by atoms with E-state index in [2.05, 4.69) is 5.32 Å². The number of rotatable bonds is 3. The molecule has 0 spiro atoms. The first-order valence-electron chi connectivity index (χ1n) is 4.78. The number of amides is 1. The molecule has 3 nitrogen and oxygen atoms in total. The maximum Gasteiger partial charge on any atom is 0.234 e. The summed E-state index contributed by atoms with van der Waals surface area (Å²) >= 11 is 10.6. The van der Waals surface area contributed by atoms with E-state index in [1.807, 2.05) is 6.92 Å². The zero-order valence-corrected chi connectivity index (χ0v) is 10.7. The lowest BCUT2D eigenvalue weighted by Gasteiger charge is -2.12. The van der Waals surface area contributed by atoms with Gasteiger partial charge < -0.3 is 11.1 Å². The van der Waals surface area contributed by atoms with Crippen molar-refractivity contribution in [1.29, 1.82) is 0 Å². The van der Waals surface area contributed by atoms with Crippen molar-refractivity contribution in [2.24, 2.45) is 11.7 Å². The van der Waals surface area contributed by atoms with E-state index in [1.54, 1.807) is 25.1 Å². The number of anilines is 1. The van der Waals surface area contributed by atoms with Crippen molar-refractivity contribution in [3.8, 4) is 0 Å². The average molecular weight is 257 g/mol. The normalized spacial score (nSPS) is 11.9. The van der Waals surface area contributed by atoms with Crippen LogP contribution in [-0.2, 0) is 4.79 Å². The van der Waals surface area contributed by atoms with Gasteiger partial charge in [0.05, 0.1) is 10.9 Å². The third-order valence-corrected chi connectivity index (χ3v) is 2.86. The van der Waals surface area contributed by atoms with Crippen LogP contribution in [0, 0.1) is 12.8 Å². The Morgan fingerprint density at radius 1 is 1.56 bits per heavy atom. The van der Waals surface area contributed by atoms with E-state index in [4.69, 9.17) is 29.6 Å². The molecule has 0 aliphatic heterocycles. The number of hydrogen-bond acceptors (Lipinski definition) is 2. The summed E-state index contributed by atoms with van der Waals surface area (Å²) in [5.74, 6) is -0.692. The lowest BCUT2D eigenvalue weighted by atomic mass is 10.1. The van der Waals surface area contributed by atoms with Crippen LogP contribution in [0.4, 0.5) is 5.69 Å². The highest BCUT2D eigenvalue weighted by molar-refractivity contribution is 7.80. The molecule has 86 valence electrons. The Morgan fingerprint density at radius 2 is 2.19 bits per heavy atom. The number of halogens is 1. The van der Waals surface area contributed by atoms with Crippen LogP contribution >= 0.6 is 23.8 Å². The third kappa shape index (κ3) is 3.18. The summed E-state index contributed by atoms with van der Waals surface area (Å²) in [6, 6.07) is 5.25. The molecule has 0 fully saturated rings. The van der Waals surface area contributed by atoms with Crippen LogP contribution in [0.1, 0.15) is 12.5 Å². The quantitative estimate of drug-likeness (QED) is 0.817. The van der Waals surface area contributed by atoms with Crippen LogP contribution in [0.5, 0.6) is 0 Å². The molecule has 1 unspecified atom stereocenters. The van der Waals surface area contributed by atoms with Gasteiger partial charge in [0.15, 0.2) is 0 Å². The molecular weight excluding hydrogens is 244 g/mol. The third-order valence-electron chi connectivity index (χ3n) is 2.27. The van der Waals surface area contributed by atoms with Crippen molar-refractivity contribution in [2.75, 3.05) is 5.32 Å². The largest absolute Gasteiger partial charge is 0.393 e. The molecule has 5 heteroatoms. The minimum atomic E-state index is -0.481. The highest BCUT2D eigenvalue weighted by Gasteiger charge is 2.16. The van der Waals surface area contributed by atoms with Crippen LogP contribution in [0.25, 0.3) is 0 Å². The Hall–Kier alpha value is -1.13. The molecule has 1 aromatic carbocycles. The number of hydrogen-bond donors (Lipinski definition) is 2. The molecule has 1 amide bonds. The lowest BCUT2D eigenvalue weighted by Crippen LogP contribution is -2.31. The second-order valence-electron chi connectivity index (χ2n) is 3.57. The molecule has 0 saturated carbocycles. The highest BCUT2D eigenvalue weighted by Crippen LogP contribution is 2.20. The Bertz CT molecular complexity index is 434. The molecule has 0 bridgehead atoms. The van der Waals surface area contributed by atoms with E-state index in [0.29, 0.717) is 5.02 Å². The molecule has 1 rings (SSSR count). The Labute approximate surface area is 105 Å². The average Bonchev–Trinajstić information content (AvgIpc) is 2.20. The molecule has 1 aromatic rings. The zero-order chi connectivity index (χ0) is 12.3. The molecule has 0 aliphatic rings. The fourth-order valence-corrected chi connectivity index (χ4v) is 1.47. The van der Waals surface area contributed by atoms with Gasteiger partial charge in [-0.2, -0.15) is 0 Å². The van der Waals surface area contributed by atoms with Gasteiger partial charge in [-0.1, -0.05) is 23.8 Å². The second-order valence-corrected chi connectivity index (χ2v) is 4.48. The number of carbonyl (C=O) groups excluding carboxylic acids is 1. The zero-order valence-electron chi connectivity index (χ0n) is 9.08. The standard InChI is InChI=1S/C11H13ClN2OS/c1-6-5-8(12)3-4-9(6)14-11(15)7(2)10(13)16/h3-5,7H,1-2H3,(H2,13,16)(H,14,15). The van der Waals surface area contributed by atoms with E-state index >= 15 is 0 Å². The van der Waals surface area contributed by atoms with Crippen LogP contribution in [0.3, 0.4) is 0 Å². The summed E-state index contributed by atoms with van der Waals surface area (Å²) in [4.78, 5) is 11.9. The van der Waals surface area contributed by atoms with E-state index in [1.165, 1.54) is 0 Å². The summed E-state index contributed by atoms with van der Waals surface area (Å²) in [6.45, 7) is 3.54. The molecule has 0 saturated heterocycles. The Balaban J connectivity index is 2.81. The molecule has 0 aliphatic carbocycles. The van der Waals surface area contributed by atoms with Crippen molar-refractivity contribution in [3.05, 3.63) is 28.8 Å². The Kier molecular flexibility index (Phi) is 4.26. The molecule has 3 N–H and O–H groups in total. The number of aryl methyl sites for hydroxylation is 1. The number of nitrogens with two attached hydrogens (primary N) is 1. The number of thiocarbonyl (C=S) groups is 1. The van der Waals surface area contributed by atoms with Crippen molar-refractivity contribution in [3.63, 3.8) is 0 Å². The van der Waals surface area contributed by atoms with Crippen molar-refractivity contribution < 1.29 is 4.79 Å². The smallest absolute Gasteiger partial charge is 0.234 e. The first kappa shape index (κ1) is 12.9. The van der Waals surface area contributed by atoms with Gasteiger partial charge in [-0.05, 0) is 37.6 Å². The second kappa shape index (κ2) is 5.27. The lowest BCUT2D eigenvalue weighted by molar-refractivity contribution is -0.117. The van der Waals surface area contributed by atoms with Gasteiger partial charge in [0.1, 0.15) is 0 Å². The first-order chi connectivity index (χ1) is 7.41. The highest BCUT2D eigenvalue weighted by atomic mass is 35.5. The topological polar surface area (TPSA) is 55.1 Å². The van der Waals surface area contributed by atoms with Crippen LogP contribution in [0.15, 0.2) is 18.2 Å². The number of benzene rings is 1. The molecule has 16 heavy (non-hydrogen) atoms. The van der Waals surface area contributed by atoms with Crippen molar-refractivity contribution in [1.82, 2.24) is 0 Å². The molecule has 0 heterocycles. The predicted molar refractivity (Wildman–Crippen MR) is 70.8 cm³/mol. The molecule has 1 atom stereocenters. The summed E-state index contributed by atoms with van der Waals surface area (Å²) in [6.07, 6.45) is 0. The summed E-state index contributed by atoms with van der Waals surface area (Å²) < 4.78 is 0. The predicted octanol–water partition coefficient (Wildman–Crippen LogP) is 2.51. The van der Waals surface area contributed by atoms with Gasteiger partial charge in [0.2, 0.25) is 5.91 Å². The van der Waals surface area contributed by atoms with Gasteiger partial charge in [0.25, 0.3) is 0 Å². The minimum absolute atomic E-state index is 0.184.